The Balaban J connectivity index is 1.90. The van der Waals surface area contributed by atoms with Gasteiger partial charge in [0.15, 0.2) is 0 Å². The van der Waals surface area contributed by atoms with Gasteiger partial charge >= 0.3 is 0 Å². The van der Waals surface area contributed by atoms with E-state index >= 15 is 0 Å². The lowest BCUT2D eigenvalue weighted by Gasteiger charge is -2.24. The number of alkyl halides is 1. The van der Waals surface area contributed by atoms with Crippen molar-refractivity contribution in [3.05, 3.63) is 101 Å². The minimum absolute atomic E-state index is 0.115. The van der Waals surface area contributed by atoms with E-state index in [1.54, 1.807) is 24.9 Å². The van der Waals surface area contributed by atoms with Crippen LogP contribution in [0.5, 0.6) is 5.75 Å². The van der Waals surface area contributed by atoms with Crippen LogP contribution in [-0.2, 0) is 4.74 Å². The number of aromatic nitrogens is 2. The molecule has 3 aromatic carbocycles. The standard InChI is InChI=1S/C24H21BrN2O3/c1-29-18-14-12-16(13-15-18)22(30-2)21(25)23-26-20-11-7-6-10-19(20)24(28)27(23)17-8-4-3-5-9-17/h3-15,21-22H,1-2H3. The van der Waals surface area contributed by atoms with Crippen molar-refractivity contribution in [3.63, 3.8) is 0 Å². The van der Waals surface area contributed by atoms with E-state index in [0.29, 0.717) is 16.7 Å². The van der Waals surface area contributed by atoms with Gasteiger partial charge < -0.3 is 9.47 Å². The summed E-state index contributed by atoms with van der Waals surface area (Å²) in [5, 5.41) is 0.572. The van der Waals surface area contributed by atoms with E-state index in [9.17, 15) is 4.79 Å². The second kappa shape index (κ2) is 8.81. The summed E-state index contributed by atoms with van der Waals surface area (Å²) in [6.07, 6.45) is -0.362. The first-order valence-electron chi connectivity index (χ1n) is 9.52. The molecule has 1 heterocycles. The normalized spacial score (nSPS) is 13.2. The van der Waals surface area contributed by atoms with Gasteiger partial charge in [-0.05, 0) is 42.0 Å². The first kappa shape index (κ1) is 20.3. The van der Waals surface area contributed by atoms with Crippen LogP contribution < -0.4 is 10.3 Å². The molecule has 0 aliphatic rings. The summed E-state index contributed by atoms with van der Waals surface area (Å²) in [5.41, 5.74) is 2.24. The van der Waals surface area contributed by atoms with E-state index in [2.05, 4.69) is 15.9 Å². The zero-order valence-corrected chi connectivity index (χ0v) is 18.2. The Labute approximate surface area is 183 Å². The number of methoxy groups -OCH3 is 2. The van der Waals surface area contributed by atoms with Crippen LogP contribution in [0.15, 0.2) is 83.7 Å². The van der Waals surface area contributed by atoms with Crippen LogP contribution in [0.3, 0.4) is 0 Å². The van der Waals surface area contributed by atoms with Crippen molar-refractivity contribution in [2.24, 2.45) is 0 Å². The molecule has 0 N–H and O–H groups in total. The number of rotatable bonds is 6. The molecule has 30 heavy (non-hydrogen) atoms. The Kier molecular flexibility index (Phi) is 5.97. The SMILES string of the molecule is COc1ccc(C(OC)C(Br)c2nc3ccccc3c(=O)n2-c2ccccc2)cc1. The zero-order chi connectivity index (χ0) is 21.1. The summed E-state index contributed by atoms with van der Waals surface area (Å²) in [7, 11) is 3.28. The van der Waals surface area contributed by atoms with E-state index in [1.807, 2.05) is 72.8 Å². The van der Waals surface area contributed by atoms with Crippen molar-refractivity contribution in [3.8, 4) is 11.4 Å². The molecule has 2 atom stereocenters. The molecule has 0 amide bonds. The largest absolute Gasteiger partial charge is 0.497 e. The quantitative estimate of drug-likeness (QED) is 0.367. The lowest BCUT2D eigenvalue weighted by atomic mass is 10.0. The molecule has 0 aliphatic heterocycles. The number of para-hydroxylation sites is 2. The number of benzene rings is 3. The molecule has 2 unspecified atom stereocenters. The first-order chi connectivity index (χ1) is 14.6. The van der Waals surface area contributed by atoms with E-state index in [1.165, 1.54) is 0 Å². The number of hydrogen-bond acceptors (Lipinski definition) is 4. The molecule has 0 bridgehead atoms. The number of ether oxygens (including phenoxy) is 2. The van der Waals surface area contributed by atoms with E-state index in [0.717, 1.165) is 17.0 Å². The van der Waals surface area contributed by atoms with Crippen molar-refractivity contribution in [1.82, 2.24) is 9.55 Å². The molecule has 4 rings (SSSR count). The van der Waals surface area contributed by atoms with Crippen LogP contribution in [0, 0.1) is 0 Å². The summed E-state index contributed by atoms with van der Waals surface area (Å²) in [5.74, 6) is 1.34. The fourth-order valence-corrected chi connectivity index (χ4v) is 4.34. The molecule has 0 saturated heterocycles. The van der Waals surface area contributed by atoms with Gasteiger partial charge in [0.05, 0.1) is 23.7 Å². The van der Waals surface area contributed by atoms with Crippen LogP contribution in [0.2, 0.25) is 0 Å². The first-order valence-corrected chi connectivity index (χ1v) is 10.4. The second-order valence-electron chi connectivity index (χ2n) is 6.79. The summed E-state index contributed by atoms with van der Waals surface area (Å²) in [4.78, 5) is 17.9. The van der Waals surface area contributed by atoms with Crippen LogP contribution in [0.25, 0.3) is 16.6 Å². The van der Waals surface area contributed by atoms with Gasteiger partial charge in [0.2, 0.25) is 0 Å². The smallest absolute Gasteiger partial charge is 0.265 e. The summed E-state index contributed by atoms with van der Waals surface area (Å²) < 4.78 is 12.7. The van der Waals surface area contributed by atoms with Crippen molar-refractivity contribution >= 4 is 26.8 Å². The Bertz CT molecular complexity index is 1210. The summed E-state index contributed by atoms with van der Waals surface area (Å²) in [6, 6.07) is 24.6. The highest BCUT2D eigenvalue weighted by Crippen LogP contribution is 2.38. The van der Waals surface area contributed by atoms with Gasteiger partial charge in [0.25, 0.3) is 5.56 Å². The Morgan fingerprint density at radius 3 is 2.23 bits per heavy atom. The number of fused-ring (bicyclic) bond motifs is 1. The molecule has 152 valence electrons. The fraction of sp³-hybridized carbons (Fsp3) is 0.167. The number of halogens is 1. The molecule has 0 saturated carbocycles. The predicted molar refractivity (Wildman–Crippen MR) is 122 cm³/mol. The number of hydrogen-bond donors (Lipinski definition) is 0. The van der Waals surface area contributed by atoms with E-state index in [-0.39, 0.29) is 16.5 Å². The lowest BCUT2D eigenvalue weighted by Crippen LogP contribution is -2.26. The summed E-state index contributed by atoms with van der Waals surface area (Å²) >= 11 is 3.77. The van der Waals surface area contributed by atoms with Gasteiger partial charge in [-0.25, -0.2) is 4.98 Å². The minimum Gasteiger partial charge on any atom is -0.497 e. The Hall–Kier alpha value is -2.96. The van der Waals surface area contributed by atoms with Gasteiger partial charge in [-0.2, -0.15) is 0 Å². The molecular formula is C24H21BrN2O3. The average Bonchev–Trinajstić information content (AvgIpc) is 2.80. The second-order valence-corrected chi connectivity index (χ2v) is 7.78. The third-order valence-electron chi connectivity index (χ3n) is 5.03. The van der Waals surface area contributed by atoms with Gasteiger partial charge in [-0.15, -0.1) is 0 Å². The monoisotopic (exact) mass is 464 g/mol. The van der Waals surface area contributed by atoms with Crippen LogP contribution >= 0.6 is 15.9 Å². The maximum Gasteiger partial charge on any atom is 0.265 e. The molecule has 0 spiro atoms. The third-order valence-corrected chi connectivity index (χ3v) is 5.92. The van der Waals surface area contributed by atoms with Crippen LogP contribution in [0.1, 0.15) is 22.3 Å². The van der Waals surface area contributed by atoms with Crippen molar-refractivity contribution in [2.75, 3.05) is 14.2 Å². The minimum atomic E-state index is -0.367. The van der Waals surface area contributed by atoms with Crippen molar-refractivity contribution in [2.45, 2.75) is 10.9 Å². The average molecular weight is 465 g/mol. The molecule has 6 heteroatoms. The van der Waals surface area contributed by atoms with Gasteiger partial charge in [-0.1, -0.05) is 58.4 Å². The van der Waals surface area contributed by atoms with Gasteiger partial charge in [-0.3, -0.25) is 9.36 Å². The molecule has 0 radical (unpaired) electrons. The van der Waals surface area contributed by atoms with Crippen LogP contribution in [0.4, 0.5) is 0 Å². The number of nitrogens with zero attached hydrogens (tertiary/aromatic N) is 2. The highest BCUT2D eigenvalue weighted by molar-refractivity contribution is 9.09. The highest BCUT2D eigenvalue weighted by atomic mass is 79.9. The molecule has 1 aromatic heterocycles. The highest BCUT2D eigenvalue weighted by Gasteiger charge is 2.28. The maximum absolute atomic E-state index is 13.4. The molecular weight excluding hydrogens is 444 g/mol. The van der Waals surface area contributed by atoms with Gasteiger partial charge in [0.1, 0.15) is 22.5 Å². The molecule has 5 nitrogen and oxygen atoms in total. The Morgan fingerprint density at radius 1 is 0.900 bits per heavy atom. The fourth-order valence-electron chi connectivity index (χ4n) is 3.51. The molecule has 0 aliphatic carbocycles. The molecule has 0 fully saturated rings. The predicted octanol–water partition coefficient (Wildman–Crippen LogP) is 5.22. The third kappa shape index (κ3) is 3.76. The topological polar surface area (TPSA) is 53.4 Å². The summed E-state index contributed by atoms with van der Waals surface area (Å²) in [6.45, 7) is 0. The Morgan fingerprint density at radius 2 is 1.57 bits per heavy atom. The lowest BCUT2D eigenvalue weighted by molar-refractivity contribution is 0.100. The maximum atomic E-state index is 13.4. The van der Waals surface area contributed by atoms with Crippen molar-refractivity contribution in [1.29, 1.82) is 0 Å². The van der Waals surface area contributed by atoms with Gasteiger partial charge in [0, 0.05) is 7.11 Å². The molecule has 4 aromatic rings. The van der Waals surface area contributed by atoms with Crippen molar-refractivity contribution < 1.29 is 9.47 Å². The van der Waals surface area contributed by atoms with E-state index < -0.39 is 0 Å². The van der Waals surface area contributed by atoms with E-state index in [4.69, 9.17) is 14.5 Å². The zero-order valence-electron chi connectivity index (χ0n) is 16.7. The van der Waals surface area contributed by atoms with Crippen LogP contribution in [-0.4, -0.2) is 23.8 Å².